The molecule has 186 valence electrons. The Morgan fingerprint density at radius 1 is 0.871 bits per heavy atom. The van der Waals surface area contributed by atoms with E-state index in [-0.39, 0.29) is 32.1 Å². The minimum atomic E-state index is -0.937. The Morgan fingerprint density at radius 3 is 1.74 bits per heavy atom. The Labute approximate surface area is 187 Å². The maximum absolute atomic E-state index is 11.0. The molecule has 0 aliphatic carbocycles. The number of hydrogen-bond acceptors (Lipinski definition) is 10. The van der Waals surface area contributed by atoms with Crippen LogP contribution in [-0.2, 0) is 19.2 Å². The predicted molar refractivity (Wildman–Crippen MR) is 121 cm³/mol. The second-order valence-corrected chi connectivity index (χ2v) is 5.81. The first-order valence-electron chi connectivity index (χ1n) is 10.2. The number of carboxylic acids is 1. The van der Waals surface area contributed by atoms with Gasteiger partial charge in [-0.25, -0.2) is 0 Å². The van der Waals surface area contributed by atoms with Gasteiger partial charge in [0, 0.05) is 59.4 Å². The van der Waals surface area contributed by atoms with Gasteiger partial charge in [-0.3, -0.25) is 19.5 Å². The molecule has 0 saturated carbocycles. The zero-order chi connectivity index (χ0) is 25.1. The minimum absolute atomic E-state index is 0.126. The first kappa shape index (κ1) is 36.6. The second kappa shape index (κ2) is 30.4. The smallest absolute Gasteiger partial charge is 0.317 e. The van der Waals surface area contributed by atoms with Crippen LogP contribution in [-0.4, -0.2) is 142 Å². The van der Waals surface area contributed by atoms with Gasteiger partial charge in [0.25, 0.3) is 0 Å². The van der Waals surface area contributed by atoms with E-state index in [4.69, 9.17) is 15.3 Å². The van der Waals surface area contributed by atoms with Crippen LogP contribution in [0.5, 0.6) is 0 Å². The Bertz CT molecular complexity index is 415. The Hall–Kier alpha value is -1.76. The summed E-state index contributed by atoms with van der Waals surface area (Å²) in [6.07, 6.45) is 2.63. The largest absolute Gasteiger partial charge is 0.480 e. The van der Waals surface area contributed by atoms with Gasteiger partial charge in [-0.05, 0) is 14.1 Å². The molecule has 4 N–H and O–H groups in total. The van der Waals surface area contributed by atoms with Crippen LogP contribution in [0, 0.1) is 0 Å². The fraction of sp³-hybridized carbons (Fsp3) is 0.800. The average Bonchev–Trinajstić information content (AvgIpc) is 2.85. The van der Waals surface area contributed by atoms with E-state index in [9.17, 15) is 19.2 Å². The van der Waals surface area contributed by atoms with E-state index in [1.807, 2.05) is 37.7 Å². The van der Waals surface area contributed by atoms with Crippen LogP contribution < -0.4 is 5.32 Å². The summed E-state index contributed by atoms with van der Waals surface area (Å²) in [7, 11) is 5.75. The van der Waals surface area contributed by atoms with Gasteiger partial charge in [0.1, 0.15) is 18.9 Å². The van der Waals surface area contributed by atoms with Gasteiger partial charge in [0.15, 0.2) is 0 Å². The summed E-state index contributed by atoms with van der Waals surface area (Å²) in [5.74, 6) is -0.937. The lowest BCUT2D eigenvalue weighted by molar-refractivity contribution is -0.138. The van der Waals surface area contributed by atoms with Crippen LogP contribution in [0.3, 0.4) is 0 Å². The molecule has 0 radical (unpaired) electrons. The maximum Gasteiger partial charge on any atom is 0.317 e. The van der Waals surface area contributed by atoms with Crippen molar-refractivity contribution in [2.24, 2.45) is 0 Å². The van der Waals surface area contributed by atoms with Gasteiger partial charge in [-0.15, -0.1) is 0 Å². The van der Waals surface area contributed by atoms with Crippen molar-refractivity contribution in [3.05, 3.63) is 0 Å². The molecule has 0 aromatic carbocycles. The van der Waals surface area contributed by atoms with Crippen LogP contribution in [0.25, 0.3) is 0 Å². The van der Waals surface area contributed by atoms with Gasteiger partial charge in [-0.2, -0.15) is 0 Å². The Balaban J connectivity index is -0.000000354. The minimum Gasteiger partial charge on any atom is -0.480 e. The maximum atomic E-state index is 11.0. The Kier molecular flexibility index (Phi) is 35.9. The summed E-state index contributed by atoms with van der Waals surface area (Å²) in [5.41, 5.74) is 0. The number of carbonyl (C=O) groups excluding carboxylic acids is 3. The van der Waals surface area contributed by atoms with Crippen molar-refractivity contribution in [2.45, 2.75) is 26.3 Å². The molecule has 1 unspecified atom stereocenters. The third-order valence-corrected chi connectivity index (χ3v) is 3.79. The molecular weight excluding hydrogens is 408 g/mol. The molecule has 1 aliphatic rings. The Morgan fingerprint density at radius 2 is 1.32 bits per heavy atom. The monoisotopic (exact) mass is 452 g/mol. The molecule has 31 heavy (non-hydrogen) atoms. The number of aliphatic hydroxyl groups excluding tert-OH is 2. The first-order valence-corrected chi connectivity index (χ1v) is 10.2. The van der Waals surface area contributed by atoms with Crippen molar-refractivity contribution in [1.29, 1.82) is 0 Å². The molecule has 0 aromatic heterocycles. The van der Waals surface area contributed by atoms with E-state index in [2.05, 4.69) is 5.32 Å². The normalized spacial score (nSPS) is 17.0. The van der Waals surface area contributed by atoms with Crippen molar-refractivity contribution in [1.82, 2.24) is 20.0 Å². The van der Waals surface area contributed by atoms with Crippen molar-refractivity contribution in [2.75, 3.05) is 80.7 Å². The molecule has 1 heterocycles. The predicted octanol–water partition coefficient (Wildman–Crippen LogP) is -1.58. The third kappa shape index (κ3) is 22.7. The molecule has 0 amide bonds. The number of hydrogen-bond donors (Lipinski definition) is 4. The van der Waals surface area contributed by atoms with Crippen molar-refractivity contribution < 1.29 is 34.5 Å². The van der Waals surface area contributed by atoms with Crippen LogP contribution >= 0.6 is 0 Å². The quantitative estimate of drug-likeness (QED) is 0.316. The lowest BCUT2D eigenvalue weighted by Crippen LogP contribution is -2.46. The van der Waals surface area contributed by atoms with Gasteiger partial charge in [-0.1, -0.05) is 13.8 Å². The fourth-order valence-electron chi connectivity index (χ4n) is 2.65. The van der Waals surface area contributed by atoms with E-state index in [0.717, 1.165) is 33.1 Å². The number of carbonyl (C=O) groups is 4. The standard InChI is InChI=1S/C14H23N3O5.C2H7N.C2H6.2CH4O/c18-8-1-13-11-16(12-14(21)22)3-2-15(6-9-19)4-5-17(13)7-10-20;1-3-2;3*1-2/h8-10,13H,1-7,11-12H2,(H,21,22);3H,1-2H3;1-2H3;2*2H,1H3. The van der Waals surface area contributed by atoms with Crippen LogP contribution in [0.15, 0.2) is 0 Å². The first-order chi connectivity index (χ1) is 15.0. The lowest BCUT2D eigenvalue weighted by Gasteiger charge is -2.31. The molecule has 0 aromatic rings. The molecular formula is C20H44N4O7. The number of carboxylic acid groups (broad SMARTS) is 1. The molecule has 0 bridgehead atoms. The van der Waals surface area contributed by atoms with Crippen molar-refractivity contribution >= 4 is 24.8 Å². The average molecular weight is 453 g/mol. The van der Waals surface area contributed by atoms with E-state index >= 15 is 0 Å². The molecule has 1 saturated heterocycles. The summed E-state index contributed by atoms with van der Waals surface area (Å²) in [6, 6.07) is -0.196. The number of rotatable bonds is 8. The highest BCUT2D eigenvalue weighted by Gasteiger charge is 2.25. The SMILES string of the molecule is CC.CNC.CO.CO.O=CCC1CN(CC(=O)O)CCN(CC=O)CCN1CC=O. The molecule has 11 nitrogen and oxygen atoms in total. The summed E-state index contributed by atoms with van der Waals surface area (Å²) in [6.45, 7) is 6.99. The number of aliphatic hydroxyl groups is 2. The van der Waals surface area contributed by atoms with Crippen LogP contribution in [0.1, 0.15) is 20.3 Å². The van der Waals surface area contributed by atoms with Gasteiger partial charge >= 0.3 is 5.97 Å². The summed E-state index contributed by atoms with van der Waals surface area (Å²) < 4.78 is 0. The zero-order valence-electron chi connectivity index (χ0n) is 20.0. The second-order valence-electron chi connectivity index (χ2n) is 5.81. The van der Waals surface area contributed by atoms with Crippen molar-refractivity contribution in [3.63, 3.8) is 0 Å². The highest BCUT2D eigenvalue weighted by molar-refractivity contribution is 5.69. The molecule has 11 heteroatoms. The number of aliphatic carboxylic acids is 1. The lowest BCUT2D eigenvalue weighted by atomic mass is 10.1. The van der Waals surface area contributed by atoms with Gasteiger partial charge < -0.3 is 35.0 Å². The summed E-state index contributed by atoms with van der Waals surface area (Å²) in [5, 5.41) is 25.8. The molecule has 1 aliphatic heterocycles. The molecule has 1 atom stereocenters. The molecule has 1 rings (SSSR count). The summed E-state index contributed by atoms with van der Waals surface area (Å²) in [4.78, 5) is 49.0. The fourth-order valence-corrected chi connectivity index (χ4v) is 2.65. The van der Waals surface area contributed by atoms with E-state index in [1.165, 1.54) is 0 Å². The number of aldehydes is 3. The zero-order valence-corrected chi connectivity index (χ0v) is 20.0. The van der Waals surface area contributed by atoms with E-state index in [1.54, 1.807) is 4.90 Å². The number of nitrogens with zero attached hydrogens (tertiary/aromatic N) is 3. The third-order valence-electron chi connectivity index (χ3n) is 3.79. The van der Waals surface area contributed by atoms with Crippen LogP contribution in [0.2, 0.25) is 0 Å². The van der Waals surface area contributed by atoms with Gasteiger partial charge in [0.05, 0.1) is 19.6 Å². The van der Waals surface area contributed by atoms with Crippen LogP contribution in [0.4, 0.5) is 0 Å². The number of nitrogens with one attached hydrogen (secondary N) is 1. The van der Waals surface area contributed by atoms with E-state index < -0.39 is 5.97 Å². The molecule has 1 fully saturated rings. The van der Waals surface area contributed by atoms with Gasteiger partial charge in [0.2, 0.25) is 0 Å². The summed E-state index contributed by atoms with van der Waals surface area (Å²) >= 11 is 0. The topological polar surface area (TPSA) is 151 Å². The highest BCUT2D eigenvalue weighted by atomic mass is 16.4. The van der Waals surface area contributed by atoms with E-state index in [0.29, 0.717) is 32.7 Å². The molecule has 0 spiro atoms. The van der Waals surface area contributed by atoms with Crippen molar-refractivity contribution in [3.8, 4) is 0 Å². The highest BCUT2D eigenvalue weighted by Crippen LogP contribution is 2.09.